The zero-order valence-corrected chi connectivity index (χ0v) is 12.6. The molecule has 0 spiro atoms. The Morgan fingerprint density at radius 1 is 1.10 bits per heavy atom. The molecule has 3 nitrogen and oxygen atoms in total. The van der Waals surface area contributed by atoms with Gasteiger partial charge >= 0.3 is 0 Å². The average Bonchev–Trinajstić information content (AvgIpc) is 2.43. The number of amides is 1. The Bertz CT molecular complexity index is 553. The lowest BCUT2D eigenvalue weighted by Crippen LogP contribution is -2.51. The number of nitrogens with one attached hydrogen (secondary N) is 1. The van der Waals surface area contributed by atoms with Gasteiger partial charge in [0.15, 0.2) is 0 Å². The summed E-state index contributed by atoms with van der Waals surface area (Å²) in [6.07, 6.45) is 7.17. The quantitative estimate of drug-likeness (QED) is 0.894. The molecule has 0 heterocycles. The molecular formula is C18H24N2O. The maximum Gasteiger partial charge on any atom is 0.248 e. The number of nitrogens with two attached hydrogens (primary N) is 1. The zero-order chi connectivity index (χ0) is 14.6. The van der Waals surface area contributed by atoms with Crippen LogP contribution in [-0.2, 0) is 0 Å². The molecule has 5 rings (SSSR count). The smallest absolute Gasteiger partial charge is 0.248 e. The van der Waals surface area contributed by atoms with Gasteiger partial charge in [-0.3, -0.25) is 4.79 Å². The summed E-state index contributed by atoms with van der Waals surface area (Å²) in [4.78, 5) is 11.3. The molecule has 3 N–H and O–H groups in total. The Hall–Kier alpha value is -1.51. The molecule has 0 unspecified atom stereocenters. The van der Waals surface area contributed by atoms with Crippen molar-refractivity contribution in [2.45, 2.75) is 45.1 Å². The Balaban J connectivity index is 1.55. The molecule has 4 bridgehead atoms. The Morgan fingerprint density at radius 3 is 2.24 bits per heavy atom. The minimum atomic E-state index is -0.348. The molecule has 4 aliphatic rings. The highest BCUT2D eigenvalue weighted by Gasteiger charge is 2.48. The number of benzene rings is 1. The van der Waals surface area contributed by atoms with Crippen molar-refractivity contribution in [1.29, 1.82) is 0 Å². The molecular weight excluding hydrogens is 260 g/mol. The highest BCUT2D eigenvalue weighted by Crippen LogP contribution is 2.54. The molecule has 0 radical (unpaired) electrons. The second kappa shape index (κ2) is 4.75. The maximum absolute atomic E-state index is 11.3. The molecule has 4 saturated carbocycles. The maximum atomic E-state index is 11.3. The first-order valence-corrected chi connectivity index (χ1v) is 8.27. The highest BCUT2D eigenvalue weighted by atomic mass is 16.1. The molecule has 4 fully saturated rings. The first kappa shape index (κ1) is 13.2. The van der Waals surface area contributed by atoms with Crippen LogP contribution in [0.2, 0.25) is 0 Å². The third-order valence-corrected chi connectivity index (χ3v) is 6.06. The van der Waals surface area contributed by atoms with Crippen molar-refractivity contribution >= 4 is 11.6 Å². The molecule has 1 amide bonds. The average molecular weight is 284 g/mol. The first-order valence-electron chi connectivity index (χ1n) is 8.27. The summed E-state index contributed by atoms with van der Waals surface area (Å²) in [6.45, 7) is 2.06. The van der Waals surface area contributed by atoms with Gasteiger partial charge < -0.3 is 11.1 Å². The van der Waals surface area contributed by atoms with E-state index < -0.39 is 0 Å². The van der Waals surface area contributed by atoms with Gasteiger partial charge in [0.2, 0.25) is 5.91 Å². The van der Waals surface area contributed by atoms with Crippen LogP contribution in [0, 0.1) is 30.6 Å². The van der Waals surface area contributed by atoms with Crippen LogP contribution >= 0.6 is 0 Å². The van der Waals surface area contributed by atoms with Crippen molar-refractivity contribution in [3.8, 4) is 0 Å². The van der Waals surface area contributed by atoms with Gasteiger partial charge in [-0.1, -0.05) is 0 Å². The van der Waals surface area contributed by atoms with Gasteiger partial charge in [0.05, 0.1) is 0 Å². The van der Waals surface area contributed by atoms with E-state index in [0.29, 0.717) is 11.6 Å². The molecule has 1 aromatic carbocycles. The van der Waals surface area contributed by atoms with Crippen molar-refractivity contribution in [3.63, 3.8) is 0 Å². The lowest BCUT2D eigenvalue weighted by molar-refractivity contribution is 0.00752. The molecule has 3 heteroatoms. The van der Waals surface area contributed by atoms with E-state index in [2.05, 4.69) is 12.2 Å². The third-order valence-electron chi connectivity index (χ3n) is 6.06. The lowest BCUT2D eigenvalue weighted by atomic mass is 9.54. The molecule has 21 heavy (non-hydrogen) atoms. The van der Waals surface area contributed by atoms with E-state index in [1.165, 1.54) is 37.8 Å². The van der Waals surface area contributed by atoms with Crippen LogP contribution in [-0.4, -0.2) is 11.9 Å². The first-order chi connectivity index (χ1) is 10.1. The van der Waals surface area contributed by atoms with Gasteiger partial charge in [-0.05, 0) is 86.5 Å². The number of hydrogen-bond acceptors (Lipinski definition) is 2. The summed E-state index contributed by atoms with van der Waals surface area (Å²) in [5.41, 5.74) is 8.26. The highest BCUT2D eigenvalue weighted by molar-refractivity contribution is 5.93. The zero-order valence-electron chi connectivity index (χ0n) is 12.6. The Kier molecular flexibility index (Phi) is 2.98. The molecule has 0 aromatic heterocycles. The Morgan fingerprint density at radius 2 is 1.71 bits per heavy atom. The molecule has 0 saturated heterocycles. The van der Waals surface area contributed by atoms with E-state index in [0.717, 1.165) is 29.2 Å². The standard InChI is InChI=1S/C18H24N2O/c1-10-4-13(18(19)21)2-3-16(10)20-17-14-6-11-5-12(8-14)9-15(17)7-11/h2-4,11-12,14-15,17,20H,5-9H2,1H3,(H2,19,21). The predicted octanol–water partition coefficient (Wildman–Crippen LogP) is 3.33. The number of hydrogen-bond donors (Lipinski definition) is 2. The molecule has 0 atom stereocenters. The fourth-order valence-electron chi connectivity index (χ4n) is 5.32. The summed E-state index contributed by atoms with van der Waals surface area (Å²) in [5, 5.41) is 3.81. The van der Waals surface area contributed by atoms with E-state index in [9.17, 15) is 4.79 Å². The number of rotatable bonds is 3. The van der Waals surface area contributed by atoms with Gasteiger partial charge in [0, 0.05) is 17.3 Å². The predicted molar refractivity (Wildman–Crippen MR) is 84.2 cm³/mol. The second-order valence-electron chi connectivity index (χ2n) is 7.49. The topological polar surface area (TPSA) is 55.1 Å². The summed E-state index contributed by atoms with van der Waals surface area (Å²) in [5.74, 6) is 3.37. The Labute approximate surface area is 126 Å². The number of aryl methyl sites for hydroxylation is 1. The van der Waals surface area contributed by atoms with Crippen molar-refractivity contribution in [2.75, 3.05) is 5.32 Å². The van der Waals surface area contributed by atoms with Crippen LogP contribution < -0.4 is 11.1 Å². The second-order valence-corrected chi connectivity index (χ2v) is 7.49. The minimum Gasteiger partial charge on any atom is -0.382 e. The minimum absolute atomic E-state index is 0.348. The largest absolute Gasteiger partial charge is 0.382 e. The summed E-state index contributed by atoms with van der Waals surface area (Å²) < 4.78 is 0. The van der Waals surface area contributed by atoms with E-state index in [-0.39, 0.29) is 5.91 Å². The van der Waals surface area contributed by atoms with Crippen LogP contribution in [0.15, 0.2) is 18.2 Å². The van der Waals surface area contributed by atoms with Gasteiger partial charge in [0.25, 0.3) is 0 Å². The SMILES string of the molecule is Cc1cc(C(N)=O)ccc1NC1C2CC3CC(C2)CC1C3. The van der Waals surface area contributed by atoms with Gasteiger partial charge in [0.1, 0.15) is 0 Å². The van der Waals surface area contributed by atoms with Gasteiger partial charge in [-0.2, -0.15) is 0 Å². The fourth-order valence-corrected chi connectivity index (χ4v) is 5.32. The van der Waals surface area contributed by atoms with Crippen molar-refractivity contribution in [1.82, 2.24) is 0 Å². The third kappa shape index (κ3) is 2.23. The number of primary amides is 1. The summed E-state index contributed by atoms with van der Waals surface area (Å²) in [7, 11) is 0. The van der Waals surface area contributed by atoms with Crippen LogP contribution in [0.25, 0.3) is 0 Å². The van der Waals surface area contributed by atoms with E-state index >= 15 is 0 Å². The van der Waals surface area contributed by atoms with E-state index in [1.54, 1.807) is 0 Å². The normalized spacial score (nSPS) is 36.7. The van der Waals surface area contributed by atoms with Crippen LogP contribution in [0.4, 0.5) is 5.69 Å². The number of carbonyl (C=O) groups is 1. The molecule has 0 aliphatic heterocycles. The van der Waals surface area contributed by atoms with Crippen molar-refractivity contribution < 1.29 is 4.79 Å². The van der Waals surface area contributed by atoms with Crippen LogP contribution in [0.5, 0.6) is 0 Å². The van der Waals surface area contributed by atoms with Crippen LogP contribution in [0.3, 0.4) is 0 Å². The van der Waals surface area contributed by atoms with E-state index in [4.69, 9.17) is 5.73 Å². The molecule has 4 aliphatic carbocycles. The lowest BCUT2D eigenvalue weighted by Gasteiger charge is -2.54. The fraction of sp³-hybridized carbons (Fsp3) is 0.611. The number of carbonyl (C=O) groups excluding carboxylic acids is 1. The molecule has 1 aromatic rings. The van der Waals surface area contributed by atoms with Gasteiger partial charge in [-0.25, -0.2) is 0 Å². The number of anilines is 1. The summed E-state index contributed by atoms with van der Waals surface area (Å²) in [6, 6.07) is 6.41. The van der Waals surface area contributed by atoms with Crippen molar-refractivity contribution in [3.05, 3.63) is 29.3 Å². The monoisotopic (exact) mass is 284 g/mol. The van der Waals surface area contributed by atoms with Crippen LogP contribution in [0.1, 0.15) is 48.0 Å². The van der Waals surface area contributed by atoms with Crippen molar-refractivity contribution in [2.24, 2.45) is 29.4 Å². The summed E-state index contributed by atoms with van der Waals surface area (Å²) >= 11 is 0. The van der Waals surface area contributed by atoms with E-state index in [1.807, 2.05) is 18.2 Å². The van der Waals surface area contributed by atoms with Gasteiger partial charge in [-0.15, -0.1) is 0 Å². The molecule has 112 valence electrons.